The number of aromatic nitrogens is 2. The summed E-state index contributed by atoms with van der Waals surface area (Å²) in [6.45, 7) is 7.72. The highest BCUT2D eigenvalue weighted by molar-refractivity contribution is 7.89. The maximum absolute atomic E-state index is 11.7. The number of hydrogen-bond donors (Lipinski definition) is 2. The fourth-order valence-corrected chi connectivity index (χ4v) is 3.68. The molecule has 0 saturated heterocycles. The van der Waals surface area contributed by atoms with Crippen LogP contribution in [0.4, 0.5) is 11.8 Å². The van der Waals surface area contributed by atoms with Crippen LogP contribution in [0.3, 0.4) is 0 Å². The van der Waals surface area contributed by atoms with Gasteiger partial charge in [-0.15, -0.1) is 0 Å². The normalized spacial score (nSPS) is 15.3. The molecular formula is C19H27N5O2S. The first kappa shape index (κ1) is 19.6. The van der Waals surface area contributed by atoms with Gasteiger partial charge in [0.2, 0.25) is 16.0 Å². The number of sulfonamides is 1. The topological polar surface area (TPSA) is 101 Å². The second-order valence-corrected chi connectivity index (χ2v) is 8.56. The number of hydrogen-bond acceptors (Lipinski definition) is 6. The summed E-state index contributed by atoms with van der Waals surface area (Å²) in [5.74, 6) is 1.50. The van der Waals surface area contributed by atoms with E-state index in [9.17, 15) is 8.42 Å². The van der Waals surface area contributed by atoms with Crippen LogP contribution >= 0.6 is 0 Å². The molecule has 1 aliphatic rings. The number of aryl methyl sites for hydroxylation is 1. The molecule has 0 spiro atoms. The lowest BCUT2D eigenvalue weighted by Crippen LogP contribution is -2.32. The predicted molar refractivity (Wildman–Crippen MR) is 107 cm³/mol. The van der Waals surface area contributed by atoms with E-state index in [1.54, 1.807) is 12.1 Å². The summed E-state index contributed by atoms with van der Waals surface area (Å²) in [6, 6.07) is 7.43. The lowest BCUT2D eigenvalue weighted by atomic mass is 10.00. The zero-order valence-electron chi connectivity index (χ0n) is 16.1. The van der Waals surface area contributed by atoms with Gasteiger partial charge < -0.3 is 10.2 Å². The van der Waals surface area contributed by atoms with Gasteiger partial charge in [-0.25, -0.2) is 18.5 Å². The summed E-state index contributed by atoms with van der Waals surface area (Å²) < 4.78 is 23.3. The largest absolute Gasteiger partial charge is 0.352 e. The molecule has 7 nitrogen and oxygen atoms in total. The van der Waals surface area contributed by atoms with Crippen molar-refractivity contribution in [1.29, 1.82) is 0 Å². The molecule has 8 heteroatoms. The van der Waals surface area contributed by atoms with E-state index in [1.165, 1.54) is 0 Å². The van der Waals surface area contributed by atoms with Gasteiger partial charge in [-0.05, 0) is 49.4 Å². The minimum Gasteiger partial charge on any atom is -0.352 e. The number of primary sulfonamides is 1. The molecule has 1 atom stereocenters. The second kappa shape index (κ2) is 7.82. The van der Waals surface area contributed by atoms with Crippen LogP contribution in [0.25, 0.3) is 0 Å². The highest BCUT2D eigenvalue weighted by atomic mass is 32.2. The Morgan fingerprint density at radius 1 is 1.22 bits per heavy atom. The molecule has 0 saturated carbocycles. The molecule has 0 amide bonds. The van der Waals surface area contributed by atoms with Crippen molar-refractivity contribution in [2.24, 2.45) is 5.14 Å². The fraction of sp³-hybridized carbons (Fsp3) is 0.474. The summed E-state index contributed by atoms with van der Waals surface area (Å²) >= 11 is 0. The van der Waals surface area contributed by atoms with Gasteiger partial charge in [0, 0.05) is 30.9 Å². The van der Waals surface area contributed by atoms with Gasteiger partial charge in [0.15, 0.2) is 0 Å². The zero-order chi connectivity index (χ0) is 19.6. The molecular weight excluding hydrogens is 362 g/mol. The van der Waals surface area contributed by atoms with E-state index in [2.05, 4.69) is 36.0 Å². The Morgan fingerprint density at radius 3 is 2.67 bits per heavy atom. The number of fused-ring (bicyclic) bond motifs is 1. The monoisotopic (exact) mass is 389 g/mol. The number of nitrogens with zero attached hydrogens (tertiary/aromatic N) is 3. The quantitative estimate of drug-likeness (QED) is 0.787. The summed E-state index contributed by atoms with van der Waals surface area (Å²) in [5, 5.41) is 8.63. The van der Waals surface area contributed by atoms with Gasteiger partial charge in [0.25, 0.3) is 0 Å². The molecule has 0 radical (unpaired) electrons. The van der Waals surface area contributed by atoms with Crippen molar-refractivity contribution in [1.82, 2.24) is 9.97 Å². The Bertz CT molecular complexity index is 930. The molecule has 1 aromatic carbocycles. The van der Waals surface area contributed by atoms with Crippen molar-refractivity contribution in [3.63, 3.8) is 0 Å². The van der Waals surface area contributed by atoms with Crippen LogP contribution < -0.4 is 15.4 Å². The molecule has 0 bridgehead atoms. The molecule has 2 aromatic rings. The number of anilines is 2. The maximum atomic E-state index is 11.7. The standard InChI is InChI=1S/C19H27N5O2S/c1-4-13(3)21-19-22-16(5-2)11-18(23-19)24-9-8-14-6-7-17(27(20,25)26)10-15(14)12-24/h6-7,10-11,13H,4-5,8-9,12H2,1-3H3,(H2,20,25,26)(H,21,22,23)/t13-/m1/s1. The minimum absolute atomic E-state index is 0.152. The van der Waals surface area contributed by atoms with Crippen molar-refractivity contribution >= 4 is 21.8 Å². The van der Waals surface area contributed by atoms with Crippen molar-refractivity contribution in [2.45, 2.75) is 57.5 Å². The second-order valence-electron chi connectivity index (χ2n) is 7.00. The van der Waals surface area contributed by atoms with Crippen LogP contribution in [0.2, 0.25) is 0 Å². The summed E-state index contributed by atoms with van der Waals surface area (Å²) in [5.41, 5.74) is 3.11. The van der Waals surface area contributed by atoms with Gasteiger partial charge in [0.1, 0.15) is 5.82 Å². The van der Waals surface area contributed by atoms with Gasteiger partial charge in [-0.1, -0.05) is 19.9 Å². The number of nitrogens with two attached hydrogens (primary N) is 1. The third-order valence-corrected chi connectivity index (χ3v) is 5.87. The third kappa shape index (κ3) is 4.56. The Hall–Kier alpha value is -2.19. The molecule has 146 valence electrons. The molecule has 3 rings (SSSR count). The lowest BCUT2D eigenvalue weighted by Gasteiger charge is -2.30. The molecule has 27 heavy (non-hydrogen) atoms. The number of rotatable bonds is 6. The van der Waals surface area contributed by atoms with E-state index in [0.29, 0.717) is 18.5 Å². The average Bonchev–Trinajstić information content (AvgIpc) is 2.65. The first-order valence-electron chi connectivity index (χ1n) is 9.34. The zero-order valence-corrected chi connectivity index (χ0v) is 16.9. The first-order valence-corrected chi connectivity index (χ1v) is 10.9. The maximum Gasteiger partial charge on any atom is 0.238 e. The summed E-state index contributed by atoms with van der Waals surface area (Å²) in [6.07, 6.45) is 2.65. The van der Waals surface area contributed by atoms with E-state index < -0.39 is 10.0 Å². The van der Waals surface area contributed by atoms with Crippen molar-refractivity contribution in [3.05, 3.63) is 41.1 Å². The Morgan fingerprint density at radius 2 is 2.00 bits per heavy atom. The number of benzene rings is 1. The molecule has 2 heterocycles. The van der Waals surface area contributed by atoms with E-state index in [4.69, 9.17) is 10.1 Å². The average molecular weight is 390 g/mol. The van der Waals surface area contributed by atoms with Crippen LogP contribution in [0.1, 0.15) is 44.0 Å². The minimum atomic E-state index is -3.71. The lowest BCUT2D eigenvalue weighted by molar-refractivity contribution is 0.597. The van der Waals surface area contributed by atoms with Crippen LogP contribution in [0.15, 0.2) is 29.2 Å². The van der Waals surface area contributed by atoms with Crippen molar-refractivity contribution in [3.8, 4) is 0 Å². The molecule has 1 aromatic heterocycles. The smallest absolute Gasteiger partial charge is 0.238 e. The molecule has 1 aliphatic heterocycles. The van der Waals surface area contributed by atoms with Crippen LogP contribution in [0, 0.1) is 0 Å². The predicted octanol–water partition coefficient (Wildman–Crippen LogP) is 2.46. The van der Waals surface area contributed by atoms with Gasteiger partial charge in [0.05, 0.1) is 4.90 Å². The number of nitrogens with one attached hydrogen (secondary N) is 1. The third-order valence-electron chi connectivity index (χ3n) is 4.96. The Kier molecular flexibility index (Phi) is 5.67. The molecule has 0 aliphatic carbocycles. The first-order chi connectivity index (χ1) is 12.8. The van der Waals surface area contributed by atoms with E-state index >= 15 is 0 Å². The van der Waals surface area contributed by atoms with E-state index in [1.807, 2.05) is 12.1 Å². The molecule has 3 N–H and O–H groups in total. The van der Waals surface area contributed by atoms with Gasteiger partial charge in [-0.2, -0.15) is 4.98 Å². The van der Waals surface area contributed by atoms with Crippen molar-refractivity contribution < 1.29 is 8.42 Å². The van der Waals surface area contributed by atoms with E-state index in [-0.39, 0.29) is 4.90 Å². The van der Waals surface area contributed by atoms with E-state index in [0.717, 1.165) is 48.4 Å². The summed E-state index contributed by atoms with van der Waals surface area (Å²) in [7, 11) is -3.71. The summed E-state index contributed by atoms with van der Waals surface area (Å²) in [4.78, 5) is 11.6. The van der Waals surface area contributed by atoms with Gasteiger partial charge in [-0.3, -0.25) is 0 Å². The highest BCUT2D eigenvalue weighted by Gasteiger charge is 2.21. The highest BCUT2D eigenvalue weighted by Crippen LogP contribution is 2.26. The van der Waals surface area contributed by atoms with Crippen LogP contribution in [-0.4, -0.2) is 31.0 Å². The van der Waals surface area contributed by atoms with Gasteiger partial charge >= 0.3 is 0 Å². The van der Waals surface area contributed by atoms with Crippen molar-refractivity contribution in [2.75, 3.05) is 16.8 Å². The Labute approximate surface area is 161 Å². The SMILES string of the molecule is CCc1cc(N2CCc3ccc(S(N)(=O)=O)cc3C2)nc(N[C@H](C)CC)n1. The van der Waals surface area contributed by atoms with Crippen LogP contribution in [-0.2, 0) is 29.4 Å². The molecule has 0 fully saturated rings. The molecule has 0 unspecified atom stereocenters. The van der Waals surface area contributed by atoms with Crippen LogP contribution in [0.5, 0.6) is 0 Å². The Balaban J connectivity index is 1.91. The fourth-order valence-electron chi connectivity index (χ4n) is 3.12.